The van der Waals surface area contributed by atoms with Crippen LogP contribution in [0.5, 0.6) is 0 Å². The molecule has 1 heterocycles. The number of nitrogens with zero attached hydrogens (tertiary/aromatic N) is 2. The van der Waals surface area contributed by atoms with Gasteiger partial charge in [0.05, 0.1) is 17.9 Å². The molecule has 0 radical (unpaired) electrons. The molecule has 0 atom stereocenters. The van der Waals surface area contributed by atoms with E-state index in [0.29, 0.717) is 17.7 Å². The molecule has 1 aromatic heterocycles. The Kier molecular flexibility index (Phi) is 6.24. The minimum Gasteiger partial charge on any atom is -0.462 e. The molecule has 0 bridgehead atoms. The molecule has 2 aromatic carbocycles. The van der Waals surface area contributed by atoms with Crippen molar-refractivity contribution in [2.24, 2.45) is 4.99 Å². The summed E-state index contributed by atoms with van der Waals surface area (Å²) in [6.07, 6.45) is 1.74. The largest absolute Gasteiger partial charge is 0.462 e. The van der Waals surface area contributed by atoms with Gasteiger partial charge in [-0.1, -0.05) is 18.2 Å². The Morgan fingerprint density at radius 3 is 2.38 bits per heavy atom. The Morgan fingerprint density at radius 2 is 1.72 bits per heavy atom. The summed E-state index contributed by atoms with van der Waals surface area (Å²) in [5.74, 6) is -0.522. The van der Waals surface area contributed by atoms with Crippen molar-refractivity contribution in [1.29, 1.82) is 0 Å². The lowest BCUT2D eigenvalue weighted by molar-refractivity contribution is 0.0526. The number of aromatic nitrogens is 1. The Morgan fingerprint density at radius 1 is 1.03 bits per heavy atom. The number of benzene rings is 2. The molecule has 6 nitrogen and oxygen atoms in total. The topological polar surface area (TPSA) is 72.7 Å². The number of carbonyl (C=O) groups excluding carboxylic acids is 2. The number of hydrogen-bond acceptors (Lipinski definition) is 4. The maximum absolute atomic E-state index is 12.4. The fourth-order valence-electron chi connectivity index (χ4n) is 2.89. The number of hydrogen-bond donors (Lipinski definition) is 1. The molecule has 3 rings (SSSR count). The van der Waals surface area contributed by atoms with Crippen molar-refractivity contribution in [3.05, 3.63) is 88.7 Å². The van der Waals surface area contributed by atoms with Crippen LogP contribution in [0.2, 0.25) is 0 Å². The van der Waals surface area contributed by atoms with Crippen LogP contribution in [0, 0.1) is 13.8 Å². The second-order valence-electron chi connectivity index (χ2n) is 6.49. The smallest absolute Gasteiger partial charge is 0.338 e. The minimum atomic E-state index is -0.347. The van der Waals surface area contributed by atoms with Crippen molar-refractivity contribution in [2.75, 3.05) is 12.0 Å². The third-order valence-corrected chi connectivity index (χ3v) is 4.45. The van der Waals surface area contributed by atoms with Crippen LogP contribution in [0.1, 0.15) is 44.6 Å². The van der Waals surface area contributed by atoms with Crippen LogP contribution in [0.25, 0.3) is 0 Å². The lowest BCUT2D eigenvalue weighted by Gasteiger charge is -2.11. The molecule has 0 saturated heterocycles. The molecule has 3 aromatic rings. The van der Waals surface area contributed by atoms with Crippen LogP contribution in [-0.4, -0.2) is 29.4 Å². The molecule has 29 heavy (non-hydrogen) atoms. The van der Waals surface area contributed by atoms with E-state index in [0.717, 1.165) is 22.6 Å². The van der Waals surface area contributed by atoms with Gasteiger partial charge in [0, 0.05) is 28.7 Å². The molecule has 0 saturated carbocycles. The lowest BCUT2D eigenvalue weighted by atomic mass is 10.2. The summed E-state index contributed by atoms with van der Waals surface area (Å²) >= 11 is 0. The molecule has 0 spiro atoms. The fourth-order valence-corrected chi connectivity index (χ4v) is 2.89. The van der Waals surface area contributed by atoms with Gasteiger partial charge < -0.3 is 4.74 Å². The maximum Gasteiger partial charge on any atom is 0.338 e. The van der Waals surface area contributed by atoms with E-state index in [2.05, 4.69) is 10.4 Å². The predicted octanol–water partition coefficient (Wildman–Crippen LogP) is 4.42. The summed E-state index contributed by atoms with van der Waals surface area (Å²) in [4.78, 5) is 28.6. The van der Waals surface area contributed by atoms with Crippen molar-refractivity contribution in [1.82, 2.24) is 4.68 Å². The molecular weight excluding hydrogens is 366 g/mol. The van der Waals surface area contributed by atoms with E-state index >= 15 is 0 Å². The van der Waals surface area contributed by atoms with E-state index in [4.69, 9.17) is 4.74 Å². The number of esters is 1. The lowest BCUT2D eigenvalue weighted by Crippen LogP contribution is -2.24. The summed E-state index contributed by atoms with van der Waals surface area (Å²) in [5.41, 5.74) is 7.38. The van der Waals surface area contributed by atoms with Crippen LogP contribution in [0.15, 0.2) is 65.7 Å². The highest BCUT2D eigenvalue weighted by Gasteiger charge is 2.12. The van der Waals surface area contributed by atoms with Gasteiger partial charge in [-0.15, -0.1) is 0 Å². The second kappa shape index (κ2) is 9.01. The van der Waals surface area contributed by atoms with Crippen molar-refractivity contribution >= 4 is 23.8 Å². The Hall–Kier alpha value is -3.67. The van der Waals surface area contributed by atoms with Crippen molar-refractivity contribution < 1.29 is 14.3 Å². The van der Waals surface area contributed by atoms with Crippen LogP contribution in [0.3, 0.4) is 0 Å². The van der Waals surface area contributed by atoms with Gasteiger partial charge in [-0.25, -0.2) is 4.79 Å². The van der Waals surface area contributed by atoms with Crippen molar-refractivity contribution in [3.8, 4) is 0 Å². The van der Waals surface area contributed by atoms with Crippen LogP contribution in [0.4, 0.5) is 5.69 Å². The van der Waals surface area contributed by atoms with Crippen LogP contribution in [-0.2, 0) is 4.74 Å². The van der Waals surface area contributed by atoms with Gasteiger partial charge in [0.15, 0.2) is 0 Å². The number of rotatable bonds is 6. The zero-order valence-electron chi connectivity index (χ0n) is 16.7. The third kappa shape index (κ3) is 4.79. The zero-order valence-corrected chi connectivity index (χ0v) is 16.7. The average Bonchev–Trinajstić information content (AvgIpc) is 3.01. The molecule has 0 fully saturated rings. The average molecular weight is 389 g/mol. The van der Waals surface area contributed by atoms with Crippen LogP contribution < -0.4 is 5.43 Å². The van der Waals surface area contributed by atoms with Gasteiger partial charge in [-0.05, 0) is 63.2 Å². The summed E-state index contributed by atoms with van der Waals surface area (Å²) in [6, 6.07) is 17.9. The van der Waals surface area contributed by atoms with E-state index in [1.54, 1.807) is 54.2 Å². The molecule has 1 amide bonds. The highest BCUT2D eigenvalue weighted by Crippen LogP contribution is 2.17. The summed E-state index contributed by atoms with van der Waals surface area (Å²) < 4.78 is 6.73. The number of aliphatic imine (C=N–C) groups is 1. The Labute approximate surface area is 169 Å². The minimum absolute atomic E-state index is 0.176. The van der Waals surface area contributed by atoms with E-state index in [1.165, 1.54) is 0 Å². The molecule has 0 aliphatic heterocycles. The normalized spacial score (nSPS) is 10.9. The molecule has 1 N–H and O–H groups in total. The van der Waals surface area contributed by atoms with Crippen LogP contribution >= 0.6 is 0 Å². The van der Waals surface area contributed by atoms with Gasteiger partial charge in [-0.3, -0.25) is 19.9 Å². The van der Waals surface area contributed by atoms with E-state index < -0.39 is 0 Å². The highest BCUT2D eigenvalue weighted by atomic mass is 16.5. The van der Waals surface area contributed by atoms with Crippen molar-refractivity contribution in [2.45, 2.75) is 20.8 Å². The number of carbonyl (C=O) groups is 2. The SMILES string of the molecule is CCOC(=O)c1ccc(N=Cc2cc(C)n(NC(=O)c3ccccc3)c2C)cc1. The quantitative estimate of drug-likeness (QED) is 0.501. The van der Waals surface area contributed by atoms with Gasteiger partial charge in [0.25, 0.3) is 5.91 Å². The van der Waals surface area contributed by atoms with E-state index in [1.807, 2.05) is 38.1 Å². The van der Waals surface area contributed by atoms with Crippen molar-refractivity contribution in [3.63, 3.8) is 0 Å². The molecule has 0 aliphatic carbocycles. The van der Waals surface area contributed by atoms with Gasteiger partial charge >= 0.3 is 5.97 Å². The Bertz CT molecular complexity index is 1040. The zero-order chi connectivity index (χ0) is 20.8. The summed E-state index contributed by atoms with van der Waals surface area (Å²) in [6.45, 7) is 5.96. The first-order valence-electron chi connectivity index (χ1n) is 9.36. The highest BCUT2D eigenvalue weighted by molar-refractivity contribution is 6.00. The number of aryl methyl sites for hydroxylation is 1. The maximum atomic E-state index is 12.4. The monoisotopic (exact) mass is 389 g/mol. The fraction of sp³-hybridized carbons (Fsp3) is 0.174. The van der Waals surface area contributed by atoms with Gasteiger partial charge in [0.2, 0.25) is 0 Å². The molecule has 6 heteroatoms. The molecular formula is C23H23N3O3. The number of ether oxygens (including phenoxy) is 1. The first kappa shape index (κ1) is 20.1. The molecule has 148 valence electrons. The van der Waals surface area contributed by atoms with E-state index in [9.17, 15) is 9.59 Å². The number of amides is 1. The van der Waals surface area contributed by atoms with Gasteiger partial charge in [0.1, 0.15) is 0 Å². The first-order valence-corrected chi connectivity index (χ1v) is 9.36. The predicted molar refractivity (Wildman–Crippen MR) is 114 cm³/mol. The second-order valence-corrected chi connectivity index (χ2v) is 6.49. The number of nitrogens with one attached hydrogen (secondary N) is 1. The van der Waals surface area contributed by atoms with Gasteiger partial charge in [-0.2, -0.15) is 0 Å². The first-order chi connectivity index (χ1) is 14.0. The molecule has 0 unspecified atom stereocenters. The van der Waals surface area contributed by atoms with E-state index in [-0.39, 0.29) is 11.9 Å². The molecule has 0 aliphatic rings. The third-order valence-electron chi connectivity index (χ3n) is 4.45. The summed E-state index contributed by atoms with van der Waals surface area (Å²) in [5, 5.41) is 0. The Balaban J connectivity index is 1.74. The standard InChI is InChI=1S/C23H23N3O3/c1-4-29-23(28)19-10-12-21(13-11-19)24-15-20-14-16(2)26(17(20)3)25-22(27)18-8-6-5-7-9-18/h5-15H,4H2,1-3H3,(H,25,27). The summed E-state index contributed by atoms with van der Waals surface area (Å²) in [7, 11) is 0.